The van der Waals surface area contributed by atoms with Gasteiger partial charge in [0.25, 0.3) is 0 Å². The Bertz CT molecular complexity index is 1030. The Morgan fingerprint density at radius 2 is 1.85 bits per heavy atom. The van der Waals surface area contributed by atoms with Gasteiger partial charge in [-0.15, -0.1) is 0 Å². The minimum Gasteiger partial charge on any atom is -0.492 e. The first kappa shape index (κ1) is 23.9. The van der Waals surface area contributed by atoms with Crippen molar-refractivity contribution in [2.24, 2.45) is 0 Å². The molecular weight excluding hydrogens is 461 g/mol. The Balaban J connectivity index is 1.26. The van der Waals surface area contributed by atoms with E-state index in [1.54, 1.807) is 24.4 Å². The summed E-state index contributed by atoms with van der Waals surface area (Å²) in [6.07, 6.45) is 5.94. The lowest BCUT2D eigenvalue weighted by Gasteiger charge is -2.27. The number of hydrogen-bond acceptors (Lipinski definition) is 5. The van der Waals surface area contributed by atoms with Crippen molar-refractivity contribution in [3.63, 3.8) is 0 Å². The van der Waals surface area contributed by atoms with Crippen molar-refractivity contribution in [3.05, 3.63) is 76.5 Å². The number of rotatable bonds is 9. The van der Waals surface area contributed by atoms with Crippen molar-refractivity contribution >= 4 is 23.2 Å². The maximum absolute atomic E-state index is 11.1. The number of likely N-dealkylation sites (tertiary alicyclic amines) is 1. The van der Waals surface area contributed by atoms with E-state index in [0.717, 1.165) is 31.8 Å². The number of benzene rings is 2. The Morgan fingerprint density at radius 3 is 2.67 bits per heavy atom. The normalized spacial score (nSPS) is 19.2. The van der Waals surface area contributed by atoms with E-state index >= 15 is 0 Å². The molecule has 1 fully saturated rings. The quantitative estimate of drug-likeness (QED) is 0.454. The van der Waals surface area contributed by atoms with Gasteiger partial charge >= 0.3 is 0 Å². The minimum atomic E-state index is -0.863. The highest BCUT2D eigenvalue weighted by atomic mass is 35.5. The Morgan fingerprint density at radius 1 is 0.970 bits per heavy atom. The van der Waals surface area contributed by atoms with Gasteiger partial charge in [-0.05, 0) is 61.7 Å². The van der Waals surface area contributed by atoms with Crippen LogP contribution in [0.15, 0.2) is 60.9 Å². The molecule has 1 aliphatic rings. The summed E-state index contributed by atoms with van der Waals surface area (Å²) in [6.45, 7) is 4.07. The van der Waals surface area contributed by atoms with Crippen LogP contribution in [0.4, 0.5) is 0 Å². The smallest absolute Gasteiger partial charge is 0.121 e. The molecule has 3 aromatic rings. The minimum absolute atomic E-state index is 0.235. The molecule has 1 aromatic heterocycles. The summed E-state index contributed by atoms with van der Waals surface area (Å²) in [7, 11) is 0. The molecule has 6 nitrogen and oxygen atoms in total. The Labute approximate surface area is 204 Å². The number of hydrogen-bond donors (Lipinski definition) is 1. The summed E-state index contributed by atoms with van der Waals surface area (Å²) in [5.74, 6) is 1.48. The fraction of sp³-hybridized carbons (Fsp3) is 0.400. The van der Waals surface area contributed by atoms with Gasteiger partial charge in [0.1, 0.15) is 24.7 Å². The van der Waals surface area contributed by atoms with E-state index in [-0.39, 0.29) is 6.61 Å². The Kier molecular flexibility index (Phi) is 8.15. The van der Waals surface area contributed by atoms with Gasteiger partial charge in [0.05, 0.1) is 22.2 Å². The van der Waals surface area contributed by atoms with Crippen LogP contribution < -0.4 is 9.47 Å². The molecule has 0 unspecified atom stereocenters. The van der Waals surface area contributed by atoms with E-state index in [0.29, 0.717) is 41.8 Å². The average Bonchev–Trinajstić information content (AvgIpc) is 3.25. The molecule has 0 amide bonds. The van der Waals surface area contributed by atoms with Gasteiger partial charge in [-0.1, -0.05) is 35.3 Å². The fourth-order valence-electron chi connectivity index (χ4n) is 4.00. The molecule has 0 radical (unpaired) electrons. The number of aliphatic hydroxyl groups is 1. The van der Waals surface area contributed by atoms with Crippen LogP contribution >= 0.6 is 23.2 Å². The first-order chi connectivity index (χ1) is 16.0. The summed E-state index contributed by atoms with van der Waals surface area (Å²) in [5.41, 5.74) is 0.335. The second-order valence-corrected chi connectivity index (χ2v) is 9.30. The maximum Gasteiger partial charge on any atom is 0.121 e. The first-order valence-electron chi connectivity index (χ1n) is 11.2. The topological polar surface area (TPSA) is 59.8 Å². The van der Waals surface area contributed by atoms with Gasteiger partial charge in [-0.2, -0.15) is 5.10 Å². The molecule has 1 saturated heterocycles. The molecule has 2 aromatic carbocycles. The van der Waals surface area contributed by atoms with Gasteiger partial charge < -0.3 is 14.6 Å². The molecule has 4 rings (SSSR count). The third kappa shape index (κ3) is 7.11. The van der Waals surface area contributed by atoms with Crippen molar-refractivity contribution in [3.8, 4) is 11.5 Å². The van der Waals surface area contributed by atoms with Gasteiger partial charge in [0.2, 0.25) is 0 Å². The van der Waals surface area contributed by atoms with Crippen molar-refractivity contribution < 1.29 is 14.6 Å². The predicted octanol–water partition coefficient (Wildman–Crippen LogP) is 5.06. The van der Waals surface area contributed by atoms with E-state index < -0.39 is 5.60 Å². The molecular formula is C25H29Cl2N3O3. The lowest BCUT2D eigenvalue weighted by Crippen LogP contribution is -2.37. The van der Waals surface area contributed by atoms with Crippen molar-refractivity contribution in [2.45, 2.75) is 38.0 Å². The zero-order chi connectivity index (χ0) is 23.1. The second-order valence-electron chi connectivity index (χ2n) is 8.48. The van der Waals surface area contributed by atoms with E-state index in [1.165, 1.54) is 5.56 Å². The van der Waals surface area contributed by atoms with E-state index in [2.05, 4.69) is 22.1 Å². The molecule has 8 heteroatoms. The largest absolute Gasteiger partial charge is 0.492 e. The highest BCUT2D eigenvalue weighted by molar-refractivity contribution is 6.42. The monoisotopic (exact) mass is 489 g/mol. The number of ether oxygens (including phenoxy) is 2. The third-order valence-corrected chi connectivity index (χ3v) is 6.60. The molecule has 176 valence electrons. The first-order valence-corrected chi connectivity index (χ1v) is 12.0. The summed E-state index contributed by atoms with van der Waals surface area (Å²) in [5, 5.41) is 16.2. The zero-order valence-electron chi connectivity index (χ0n) is 18.5. The lowest BCUT2D eigenvalue weighted by molar-refractivity contribution is -0.0168. The third-order valence-electron chi connectivity index (χ3n) is 5.86. The average molecular weight is 490 g/mol. The van der Waals surface area contributed by atoms with E-state index in [1.807, 2.05) is 29.1 Å². The van der Waals surface area contributed by atoms with Crippen LogP contribution in [0.25, 0.3) is 0 Å². The zero-order valence-corrected chi connectivity index (χ0v) is 20.0. The summed E-state index contributed by atoms with van der Waals surface area (Å²) in [4.78, 5) is 2.37. The number of halogens is 2. The highest BCUT2D eigenvalue weighted by Gasteiger charge is 2.31. The van der Waals surface area contributed by atoms with Crippen LogP contribution in [0.3, 0.4) is 0 Å². The molecule has 1 aliphatic heterocycles. The predicted molar refractivity (Wildman–Crippen MR) is 130 cm³/mol. The molecule has 0 saturated carbocycles. The van der Waals surface area contributed by atoms with Gasteiger partial charge in [0, 0.05) is 31.5 Å². The molecule has 0 bridgehead atoms. The van der Waals surface area contributed by atoms with Crippen molar-refractivity contribution in [1.29, 1.82) is 0 Å². The van der Waals surface area contributed by atoms with E-state index in [4.69, 9.17) is 32.7 Å². The summed E-state index contributed by atoms with van der Waals surface area (Å²) >= 11 is 12.0. The highest BCUT2D eigenvalue weighted by Crippen LogP contribution is 2.29. The molecule has 2 heterocycles. The van der Waals surface area contributed by atoms with Crippen LogP contribution in [-0.2, 0) is 13.1 Å². The maximum atomic E-state index is 11.1. The van der Waals surface area contributed by atoms with Crippen molar-refractivity contribution in [1.82, 2.24) is 14.7 Å². The SMILES string of the molecule is O[C@@]1(COc2ccc(Cl)c(Cl)c2)CCCN(Cc2cccc(OCCn3cccn3)c2)CC1. The fourth-order valence-corrected chi connectivity index (χ4v) is 4.29. The second kappa shape index (κ2) is 11.3. The Hall–Kier alpha value is -2.25. The lowest BCUT2D eigenvalue weighted by atomic mass is 9.96. The van der Waals surface area contributed by atoms with Crippen LogP contribution in [0, 0.1) is 0 Å². The molecule has 1 atom stereocenters. The van der Waals surface area contributed by atoms with Gasteiger partial charge in [0.15, 0.2) is 0 Å². The van der Waals surface area contributed by atoms with Gasteiger partial charge in [-0.3, -0.25) is 9.58 Å². The van der Waals surface area contributed by atoms with Crippen LogP contribution in [0.5, 0.6) is 11.5 Å². The molecule has 33 heavy (non-hydrogen) atoms. The van der Waals surface area contributed by atoms with Crippen LogP contribution in [0.1, 0.15) is 24.8 Å². The van der Waals surface area contributed by atoms with Crippen molar-refractivity contribution in [2.75, 3.05) is 26.3 Å². The van der Waals surface area contributed by atoms with Gasteiger partial charge in [-0.25, -0.2) is 0 Å². The number of aromatic nitrogens is 2. The summed E-state index contributed by atoms with van der Waals surface area (Å²) in [6, 6.07) is 15.3. The standard InChI is InChI=1S/C25H29Cl2N3O3/c26-23-7-6-22(17-24(23)27)33-19-25(31)8-2-11-29(13-9-25)18-20-4-1-5-21(16-20)32-15-14-30-12-3-10-28-30/h1,3-7,10,12,16-17,31H,2,8-9,11,13-15,18-19H2/t25-/m0/s1. The molecule has 0 aliphatic carbocycles. The molecule has 0 spiro atoms. The van der Waals surface area contributed by atoms with Crippen LogP contribution in [-0.4, -0.2) is 51.7 Å². The molecule has 1 N–H and O–H groups in total. The van der Waals surface area contributed by atoms with Crippen LogP contribution in [0.2, 0.25) is 10.0 Å². The van der Waals surface area contributed by atoms with E-state index in [9.17, 15) is 5.11 Å². The summed E-state index contributed by atoms with van der Waals surface area (Å²) < 4.78 is 13.6. The number of nitrogens with zero attached hydrogens (tertiary/aromatic N) is 3.